The summed E-state index contributed by atoms with van der Waals surface area (Å²) in [7, 11) is 0. The van der Waals surface area contributed by atoms with Crippen LogP contribution in [0.5, 0.6) is 0 Å². The molecule has 0 aliphatic carbocycles. The number of anilines is 2. The van der Waals surface area contributed by atoms with Gasteiger partial charge in [-0.05, 0) is 80.7 Å². The first-order chi connectivity index (χ1) is 37.0. The molecule has 4 saturated heterocycles. The highest BCUT2D eigenvalue weighted by Crippen LogP contribution is 2.36. The molecule has 2 aromatic heterocycles. The number of aromatic nitrogens is 3. The van der Waals surface area contributed by atoms with E-state index < -0.39 is 35.5 Å². The number of amides is 5. The van der Waals surface area contributed by atoms with E-state index in [0.717, 1.165) is 154 Å². The molecule has 5 aromatic rings. The minimum Gasteiger partial charge on any atom is -0.395 e. The lowest BCUT2D eigenvalue weighted by molar-refractivity contribution is -0.136. The number of hydrogen-bond donors (Lipinski definition) is 2. The van der Waals surface area contributed by atoms with Crippen LogP contribution in [0.3, 0.4) is 0 Å². The van der Waals surface area contributed by atoms with Crippen molar-refractivity contribution in [3.63, 3.8) is 0 Å². The van der Waals surface area contributed by atoms with Gasteiger partial charge in [0.05, 0.1) is 34.8 Å². The molecule has 3 aromatic carbocycles. The van der Waals surface area contributed by atoms with Crippen LogP contribution in [0, 0.1) is 18.7 Å². The quantitative estimate of drug-likeness (QED) is 0.0599. The van der Waals surface area contributed by atoms with Gasteiger partial charge in [-0.15, -0.1) is 0 Å². The number of aliphatic hydroxyl groups is 1. The zero-order chi connectivity index (χ0) is 52.7. The maximum Gasteiger partial charge on any atom is 0.262 e. The van der Waals surface area contributed by atoms with Crippen molar-refractivity contribution in [3.8, 4) is 22.4 Å². The van der Waals surface area contributed by atoms with Crippen LogP contribution in [-0.4, -0.2) is 160 Å². The van der Waals surface area contributed by atoms with E-state index >= 15 is 4.39 Å². The smallest absolute Gasteiger partial charge is 0.262 e. The number of carbonyl (C=O) groups excluding carboxylic acids is 5. The van der Waals surface area contributed by atoms with Crippen molar-refractivity contribution >= 4 is 46.7 Å². The van der Waals surface area contributed by atoms with Crippen molar-refractivity contribution in [3.05, 3.63) is 101 Å². The molecule has 0 bridgehead atoms. The third-order valence-corrected chi connectivity index (χ3v) is 16.5. The number of β-amino-alcohol motifs (C(OH)–C–C–N with tert-alkyl or cyclic N) is 1. The second kappa shape index (κ2) is 24.2. The van der Waals surface area contributed by atoms with Crippen LogP contribution < -0.4 is 15.1 Å². The van der Waals surface area contributed by atoms with Gasteiger partial charge < -0.3 is 19.8 Å². The third-order valence-electron chi connectivity index (χ3n) is 16.5. The second-order valence-corrected chi connectivity index (χ2v) is 21.6. The fraction of sp³-hybridized carbons (Fsp3) is 0.508. The lowest BCUT2D eigenvalue weighted by Crippen LogP contribution is -2.54. The largest absolute Gasteiger partial charge is 0.395 e. The van der Waals surface area contributed by atoms with E-state index in [-0.39, 0.29) is 42.2 Å². The van der Waals surface area contributed by atoms with E-state index in [1.807, 2.05) is 20.4 Å². The van der Waals surface area contributed by atoms with Crippen molar-refractivity contribution in [1.29, 1.82) is 0 Å². The number of benzene rings is 3. The minimum absolute atomic E-state index is 0.0204. The molecule has 76 heavy (non-hydrogen) atoms. The lowest BCUT2D eigenvalue weighted by atomic mass is 9.95. The average molecular weight is 1040 g/mol. The number of aliphatic hydroxyl groups excluding tert-OH is 1. The first kappa shape index (κ1) is 52.9. The second-order valence-electron chi connectivity index (χ2n) is 21.6. The van der Waals surface area contributed by atoms with Gasteiger partial charge in [0.15, 0.2) is 5.65 Å². The molecule has 1 unspecified atom stereocenters. The van der Waals surface area contributed by atoms with E-state index in [1.54, 1.807) is 0 Å². The van der Waals surface area contributed by atoms with E-state index in [0.29, 0.717) is 32.0 Å². The van der Waals surface area contributed by atoms with Crippen LogP contribution >= 0.6 is 0 Å². The lowest BCUT2D eigenvalue weighted by Gasteiger charge is -2.39. The standard InChI is InChI=1S/C59H73FN10O6/c1-41-55(44-16-10-8-11-17-44)56-61-49(39-53(70(56)63-41)67-32-26-64(27-33-67)34-35-71)45-18-13-15-42(36-45)14-9-6-4-2-3-5-7-12-19-54(73)68-24-22-43(23-25-68)40-65-28-30-66(31-29-65)51-38-47-46(37-48(51)60)58(75)69(59(47)76)50-20-21-52(72)62-57(50)74/h8,10-11,13,15-18,36-39,43,50,71H,2-7,9,12,14,19-35,40H2,1H3,(H,62,72,74). The van der Waals surface area contributed by atoms with Crippen molar-refractivity contribution in [2.75, 3.05) is 94.9 Å². The number of fused-ring (bicyclic) bond motifs is 2. The van der Waals surface area contributed by atoms with Gasteiger partial charge in [0, 0.05) is 109 Å². The Balaban J connectivity index is 0.610. The number of imide groups is 2. The summed E-state index contributed by atoms with van der Waals surface area (Å²) in [4.78, 5) is 81.0. The summed E-state index contributed by atoms with van der Waals surface area (Å²) in [6.45, 7) is 11.5. The molecule has 402 valence electrons. The Labute approximate surface area is 445 Å². The summed E-state index contributed by atoms with van der Waals surface area (Å²) in [5, 5.41) is 16.8. The molecule has 17 heteroatoms. The van der Waals surface area contributed by atoms with Crippen LogP contribution in [0.1, 0.15) is 115 Å². The van der Waals surface area contributed by atoms with E-state index in [2.05, 4.69) is 81.5 Å². The molecule has 2 N–H and O–H groups in total. The number of hydrogen-bond acceptors (Lipinski definition) is 12. The Kier molecular flexibility index (Phi) is 16.8. The predicted octanol–water partition coefficient (Wildman–Crippen LogP) is 7.14. The molecule has 0 saturated carbocycles. The van der Waals surface area contributed by atoms with E-state index in [9.17, 15) is 29.1 Å². The maximum atomic E-state index is 15.5. The van der Waals surface area contributed by atoms with Crippen molar-refractivity contribution in [2.24, 2.45) is 5.92 Å². The van der Waals surface area contributed by atoms with Gasteiger partial charge in [-0.2, -0.15) is 9.61 Å². The highest BCUT2D eigenvalue weighted by Gasteiger charge is 2.45. The summed E-state index contributed by atoms with van der Waals surface area (Å²) in [6, 6.07) is 23.0. The summed E-state index contributed by atoms with van der Waals surface area (Å²) in [6.07, 6.45) is 12.8. The first-order valence-electron chi connectivity index (χ1n) is 28.0. The fourth-order valence-electron chi connectivity index (χ4n) is 12.1. The number of piperidine rings is 2. The van der Waals surface area contributed by atoms with Gasteiger partial charge in [0.25, 0.3) is 11.8 Å². The number of unbranched alkanes of at least 4 members (excludes halogenated alkanes) is 7. The molecule has 0 radical (unpaired) electrons. The molecular formula is C59H73FN10O6. The third kappa shape index (κ3) is 11.9. The van der Waals surface area contributed by atoms with Gasteiger partial charge in [-0.3, -0.25) is 44.0 Å². The normalized spacial score (nSPS) is 19.1. The predicted molar refractivity (Wildman–Crippen MR) is 291 cm³/mol. The van der Waals surface area contributed by atoms with Gasteiger partial charge in [-0.25, -0.2) is 9.37 Å². The van der Waals surface area contributed by atoms with Crippen LogP contribution in [0.4, 0.5) is 15.9 Å². The fourth-order valence-corrected chi connectivity index (χ4v) is 12.1. The number of likely N-dealkylation sites (tertiary alicyclic amines) is 1. The van der Waals surface area contributed by atoms with Gasteiger partial charge in [-0.1, -0.05) is 87.1 Å². The zero-order valence-corrected chi connectivity index (χ0v) is 44.1. The first-order valence-corrected chi connectivity index (χ1v) is 28.0. The van der Waals surface area contributed by atoms with Crippen LogP contribution in [0.25, 0.3) is 28.0 Å². The SMILES string of the molecule is Cc1nn2c(N3CCN(CCO)CC3)cc(-c3cccc(CCCCCCCCCCC(=O)N4CCC(CN5CCN(c6cc7c(cc6F)C(=O)N(C6CCC(=O)NC6=O)C7=O)CC5)CC4)c3)nc2c1-c1ccccc1. The number of rotatable bonds is 20. The van der Waals surface area contributed by atoms with Gasteiger partial charge in [0.2, 0.25) is 17.7 Å². The highest BCUT2D eigenvalue weighted by molar-refractivity contribution is 6.23. The van der Waals surface area contributed by atoms with E-state index in [1.165, 1.54) is 37.3 Å². The topological polar surface area (TPSA) is 167 Å². The highest BCUT2D eigenvalue weighted by atomic mass is 19.1. The summed E-state index contributed by atoms with van der Waals surface area (Å²) >= 11 is 0. The molecule has 10 rings (SSSR count). The number of nitrogens with one attached hydrogen (secondary N) is 1. The molecule has 7 heterocycles. The van der Waals surface area contributed by atoms with E-state index in [4.69, 9.17) is 10.1 Å². The maximum absolute atomic E-state index is 15.5. The minimum atomic E-state index is -1.10. The molecule has 1 atom stereocenters. The molecule has 5 aliphatic rings. The Morgan fingerprint density at radius 2 is 1.37 bits per heavy atom. The number of aryl methyl sites for hydroxylation is 2. The summed E-state index contributed by atoms with van der Waals surface area (Å²) < 4.78 is 17.5. The number of piperazine rings is 2. The zero-order valence-electron chi connectivity index (χ0n) is 44.1. The molecular weight excluding hydrogens is 964 g/mol. The number of nitrogens with zero attached hydrogens (tertiary/aromatic N) is 9. The van der Waals surface area contributed by atoms with Crippen molar-refractivity contribution in [1.82, 2.24) is 39.5 Å². The number of carbonyl (C=O) groups is 5. The number of halogens is 1. The Bertz CT molecular complexity index is 2910. The summed E-state index contributed by atoms with van der Waals surface area (Å²) in [5.41, 5.74) is 7.68. The molecule has 0 spiro atoms. The van der Waals surface area contributed by atoms with Crippen molar-refractivity contribution < 1.29 is 33.5 Å². The molecule has 4 fully saturated rings. The Morgan fingerprint density at radius 1 is 0.711 bits per heavy atom. The molecule has 5 aliphatic heterocycles. The van der Waals surface area contributed by atoms with Gasteiger partial charge in [0.1, 0.15) is 17.7 Å². The monoisotopic (exact) mass is 1040 g/mol. The van der Waals surface area contributed by atoms with Crippen LogP contribution in [-0.2, 0) is 20.8 Å². The molecule has 5 amide bonds. The Hall–Kier alpha value is -6.56. The molecule has 16 nitrogen and oxygen atoms in total. The summed E-state index contributed by atoms with van der Waals surface area (Å²) in [5.74, 6) is -1.27. The van der Waals surface area contributed by atoms with Crippen LogP contribution in [0.2, 0.25) is 0 Å². The van der Waals surface area contributed by atoms with Crippen molar-refractivity contribution in [2.45, 2.75) is 103 Å². The van der Waals surface area contributed by atoms with Gasteiger partial charge >= 0.3 is 0 Å². The van der Waals surface area contributed by atoms with Crippen LogP contribution in [0.15, 0.2) is 72.8 Å². The Morgan fingerprint density at radius 3 is 2.08 bits per heavy atom. The average Bonchev–Trinajstić information content (AvgIpc) is 3.94.